The molecule has 0 spiro atoms. The number of nitrogens with one attached hydrogen (secondary N) is 1. The maximum atomic E-state index is 12.9. The van der Waals surface area contributed by atoms with Crippen molar-refractivity contribution in [3.63, 3.8) is 0 Å². The first kappa shape index (κ1) is 22.4. The second-order valence-corrected chi connectivity index (χ2v) is 10.1. The summed E-state index contributed by atoms with van der Waals surface area (Å²) in [5, 5.41) is 18.3. The van der Waals surface area contributed by atoms with E-state index in [1.807, 2.05) is 0 Å². The average Bonchev–Trinajstić information content (AvgIpc) is 3.25. The van der Waals surface area contributed by atoms with Crippen molar-refractivity contribution >= 4 is 17.5 Å². The molecule has 0 saturated heterocycles. The zero-order chi connectivity index (χ0) is 24.6. The Bertz CT molecular complexity index is 1300. The molecule has 0 unspecified atom stereocenters. The summed E-state index contributed by atoms with van der Waals surface area (Å²) in [4.78, 5) is 16.4. The second kappa shape index (κ2) is 7.44. The van der Waals surface area contributed by atoms with Crippen LogP contribution >= 0.6 is 11.6 Å². The molecule has 1 aliphatic heterocycles. The molecule has 35 heavy (non-hydrogen) atoms. The number of carbonyl (C=O) groups excluding carboxylic acids is 1. The van der Waals surface area contributed by atoms with E-state index in [0.717, 1.165) is 37.1 Å². The minimum Gasteiger partial charge on any atom is -0.480 e. The van der Waals surface area contributed by atoms with Crippen LogP contribution in [0.4, 0.5) is 13.2 Å². The number of halogens is 4. The van der Waals surface area contributed by atoms with E-state index in [4.69, 9.17) is 16.3 Å². The van der Waals surface area contributed by atoms with E-state index in [1.165, 1.54) is 10.7 Å². The van der Waals surface area contributed by atoms with Crippen molar-refractivity contribution in [3.8, 4) is 11.4 Å². The fourth-order valence-corrected chi connectivity index (χ4v) is 5.75. The Morgan fingerprint density at radius 3 is 2.66 bits per heavy atom. The summed E-state index contributed by atoms with van der Waals surface area (Å²) < 4.78 is 45.6. The number of alkyl halides is 3. The minimum atomic E-state index is -4.49. The molecule has 2 N–H and O–H groups in total. The number of nitrogens with zero attached hydrogens (tertiary/aromatic N) is 3. The molecule has 1 aromatic carbocycles. The molecule has 0 radical (unpaired) electrons. The first-order valence-electron chi connectivity index (χ1n) is 11.1. The summed E-state index contributed by atoms with van der Waals surface area (Å²) in [6.07, 6.45) is 0.914. The smallest absolute Gasteiger partial charge is 0.433 e. The van der Waals surface area contributed by atoms with Gasteiger partial charge < -0.3 is 15.2 Å². The van der Waals surface area contributed by atoms with Crippen LogP contribution < -0.4 is 10.1 Å². The Morgan fingerprint density at radius 1 is 1.20 bits per heavy atom. The van der Waals surface area contributed by atoms with Crippen molar-refractivity contribution < 1.29 is 27.8 Å². The summed E-state index contributed by atoms with van der Waals surface area (Å²) in [7, 11) is 0. The number of carbonyl (C=O) groups is 1. The first-order chi connectivity index (χ1) is 16.6. The molecule has 3 heterocycles. The lowest BCUT2D eigenvalue weighted by Gasteiger charge is -2.70. The summed E-state index contributed by atoms with van der Waals surface area (Å²) in [5.41, 5.74) is 0.612. The van der Waals surface area contributed by atoms with Crippen molar-refractivity contribution in [1.29, 1.82) is 0 Å². The Hall–Kier alpha value is -3.11. The number of ether oxygens (including phenoxy) is 1. The second-order valence-electron chi connectivity index (χ2n) is 9.69. The van der Waals surface area contributed by atoms with Gasteiger partial charge in [0.15, 0.2) is 6.10 Å². The summed E-state index contributed by atoms with van der Waals surface area (Å²) in [5.74, 6) is 0.192. The van der Waals surface area contributed by atoms with Crippen LogP contribution in [0.15, 0.2) is 48.9 Å². The molecule has 182 valence electrons. The van der Waals surface area contributed by atoms with Gasteiger partial charge in [0.1, 0.15) is 11.4 Å². The molecule has 4 aliphatic rings. The molecule has 3 aliphatic carbocycles. The molecule has 3 aromatic rings. The van der Waals surface area contributed by atoms with Crippen LogP contribution in [0.2, 0.25) is 5.02 Å². The molecule has 7 rings (SSSR count). The predicted molar refractivity (Wildman–Crippen MR) is 118 cm³/mol. The van der Waals surface area contributed by atoms with Gasteiger partial charge in [-0.1, -0.05) is 11.6 Å². The molecule has 1 amide bonds. The van der Waals surface area contributed by atoms with Crippen molar-refractivity contribution in [2.24, 2.45) is 0 Å². The highest BCUT2D eigenvalue weighted by Crippen LogP contribution is 2.67. The number of amides is 1. The third-order valence-electron chi connectivity index (χ3n) is 7.25. The Morgan fingerprint density at radius 2 is 1.97 bits per heavy atom. The van der Waals surface area contributed by atoms with E-state index in [9.17, 15) is 23.1 Å². The number of rotatable bonds is 4. The largest absolute Gasteiger partial charge is 0.480 e. The lowest BCUT2D eigenvalue weighted by Crippen LogP contribution is -2.77. The number of hydrogen-bond donors (Lipinski definition) is 2. The number of hydrogen-bond acceptors (Lipinski definition) is 5. The van der Waals surface area contributed by atoms with E-state index in [1.54, 1.807) is 30.6 Å². The number of fused-ring (bicyclic) bond motifs is 1. The van der Waals surface area contributed by atoms with Gasteiger partial charge in [-0.25, -0.2) is 9.67 Å². The van der Waals surface area contributed by atoms with Crippen LogP contribution in [-0.2, 0) is 16.4 Å². The van der Waals surface area contributed by atoms with E-state index in [2.05, 4.69) is 15.4 Å². The lowest BCUT2D eigenvalue weighted by atomic mass is 9.37. The first-order valence-corrected chi connectivity index (χ1v) is 11.5. The van der Waals surface area contributed by atoms with E-state index >= 15 is 0 Å². The van der Waals surface area contributed by atoms with Crippen LogP contribution in [0.25, 0.3) is 5.69 Å². The van der Waals surface area contributed by atoms with Crippen molar-refractivity contribution in [2.45, 2.75) is 55.0 Å². The molecule has 2 atom stereocenters. The lowest BCUT2D eigenvalue weighted by molar-refractivity contribution is -0.146. The van der Waals surface area contributed by atoms with Gasteiger partial charge in [0, 0.05) is 34.2 Å². The van der Waals surface area contributed by atoms with Gasteiger partial charge in [0.25, 0.3) is 5.91 Å². The number of aromatic nitrogens is 3. The van der Waals surface area contributed by atoms with Crippen molar-refractivity contribution in [2.75, 3.05) is 0 Å². The Kier molecular flexibility index (Phi) is 4.76. The SMILES string of the molecule is O=C(NC12CC(c3cnn(-c4ccc(C(F)(F)F)nc4)c3)(C1)C2)[C@@H]1C[C@@H](O)c2cc(Cl)ccc2O1. The normalized spacial score (nSPS) is 28.8. The molecule has 11 heteroatoms. The predicted octanol–water partition coefficient (Wildman–Crippen LogP) is 4.11. The molecule has 7 nitrogen and oxygen atoms in total. The Labute approximate surface area is 202 Å². The number of pyridine rings is 1. The Balaban J connectivity index is 1.09. The standard InChI is InChI=1S/C24H20ClF3N4O3/c25-14-1-3-18-16(5-14)17(33)6-19(35-18)21(34)31-23-10-22(11-23,12-23)13-7-30-32(9-13)15-2-4-20(29-8-15)24(26,27)28/h1-5,7-9,17,19,33H,6,10-12H2,(H,31,34)/t17-,19+,22?,23?/m1/s1. The van der Waals surface area contributed by atoms with Gasteiger partial charge in [-0.3, -0.25) is 4.79 Å². The van der Waals surface area contributed by atoms with Crippen molar-refractivity contribution in [3.05, 3.63) is 70.8 Å². The highest BCUT2D eigenvalue weighted by molar-refractivity contribution is 6.30. The summed E-state index contributed by atoms with van der Waals surface area (Å²) in [6, 6.07) is 7.21. The zero-order valence-corrected chi connectivity index (χ0v) is 19.0. The van der Waals surface area contributed by atoms with Crippen molar-refractivity contribution in [1.82, 2.24) is 20.1 Å². The van der Waals surface area contributed by atoms with Gasteiger partial charge in [0.05, 0.1) is 24.2 Å². The van der Waals surface area contributed by atoms with Gasteiger partial charge in [0.2, 0.25) is 0 Å². The van der Waals surface area contributed by atoms with Crippen LogP contribution in [-0.4, -0.2) is 37.4 Å². The van der Waals surface area contributed by atoms with Gasteiger partial charge >= 0.3 is 6.18 Å². The zero-order valence-electron chi connectivity index (χ0n) is 18.2. The quantitative estimate of drug-likeness (QED) is 0.558. The third-order valence-corrected chi connectivity index (χ3v) is 7.48. The monoisotopic (exact) mass is 504 g/mol. The maximum Gasteiger partial charge on any atom is 0.433 e. The van der Waals surface area contributed by atoms with E-state index in [0.29, 0.717) is 22.0 Å². The molecule has 2 aromatic heterocycles. The van der Waals surface area contributed by atoms with Gasteiger partial charge in [-0.2, -0.15) is 18.3 Å². The van der Waals surface area contributed by atoms with Crippen LogP contribution in [0, 0.1) is 0 Å². The van der Waals surface area contributed by atoms with Crippen LogP contribution in [0.3, 0.4) is 0 Å². The summed E-state index contributed by atoms with van der Waals surface area (Å²) >= 11 is 5.99. The van der Waals surface area contributed by atoms with E-state index in [-0.39, 0.29) is 23.3 Å². The topological polar surface area (TPSA) is 89.3 Å². The van der Waals surface area contributed by atoms with Crippen LogP contribution in [0.1, 0.15) is 48.6 Å². The average molecular weight is 505 g/mol. The highest BCUT2D eigenvalue weighted by atomic mass is 35.5. The fraction of sp³-hybridized carbons (Fsp3) is 0.375. The molecule has 2 bridgehead atoms. The highest BCUT2D eigenvalue weighted by Gasteiger charge is 2.69. The number of aliphatic hydroxyl groups excluding tert-OH is 1. The molecule has 3 fully saturated rings. The van der Waals surface area contributed by atoms with Gasteiger partial charge in [-0.05, 0) is 55.2 Å². The fourth-order valence-electron chi connectivity index (χ4n) is 5.57. The molecular weight excluding hydrogens is 485 g/mol. The van der Waals surface area contributed by atoms with E-state index < -0.39 is 24.1 Å². The summed E-state index contributed by atoms with van der Waals surface area (Å²) in [6.45, 7) is 0. The molecule has 3 saturated carbocycles. The maximum absolute atomic E-state index is 12.9. The number of benzene rings is 1. The third kappa shape index (κ3) is 3.66. The van der Waals surface area contributed by atoms with Crippen LogP contribution in [0.5, 0.6) is 5.75 Å². The van der Waals surface area contributed by atoms with Gasteiger partial charge in [-0.15, -0.1) is 0 Å². The minimum absolute atomic E-state index is 0.110. The molecular formula is C24H20ClF3N4O3. The number of aliphatic hydroxyl groups is 1.